The van der Waals surface area contributed by atoms with Crippen LogP contribution in [0.25, 0.3) is 0 Å². The molecule has 0 aliphatic rings. The maximum atomic E-state index is 11.2. The molecule has 1 N–H and O–H groups in total. The van der Waals surface area contributed by atoms with Crippen molar-refractivity contribution in [1.82, 2.24) is 5.48 Å². The van der Waals surface area contributed by atoms with Gasteiger partial charge in [0.15, 0.2) is 6.79 Å². The summed E-state index contributed by atoms with van der Waals surface area (Å²) in [5, 5.41) is 0. The zero-order valence-electron chi connectivity index (χ0n) is 8.03. The molecular formula is C10H13NO3. The first kappa shape index (κ1) is 10.7. The minimum absolute atomic E-state index is 0.0561. The second-order valence-corrected chi connectivity index (χ2v) is 2.74. The Kier molecular flexibility index (Phi) is 4.68. The Balaban J connectivity index is 2.27. The summed E-state index contributed by atoms with van der Waals surface area (Å²) in [4.78, 5) is 15.9. The van der Waals surface area contributed by atoms with Crippen LogP contribution in [0, 0.1) is 0 Å². The molecule has 1 aromatic carbocycles. The lowest BCUT2D eigenvalue weighted by molar-refractivity contribution is -0.143. The molecule has 0 unspecified atom stereocenters. The van der Waals surface area contributed by atoms with Crippen molar-refractivity contribution >= 4 is 5.91 Å². The van der Waals surface area contributed by atoms with Gasteiger partial charge in [-0.1, -0.05) is 30.3 Å². The number of hydrogen-bond donors (Lipinski definition) is 1. The third-order valence-electron chi connectivity index (χ3n) is 1.57. The zero-order chi connectivity index (χ0) is 10.2. The molecule has 0 saturated heterocycles. The van der Waals surface area contributed by atoms with Gasteiger partial charge in [0, 0.05) is 7.11 Å². The van der Waals surface area contributed by atoms with Gasteiger partial charge in [-0.05, 0) is 5.56 Å². The van der Waals surface area contributed by atoms with Crippen molar-refractivity contribution in [2.24, 2.45) is 0 Å². The quantitative estimate of drug-likeness (QED) is 0.431. The summed E-state index contributed by atoms with van der Waals surface area (Å²) in [6, 6.07) is 9.45. The standard InChI is InChI=1S/C10H13NO3/c1-13-8-14-11-10(12)7-9-5-3-2-4-6-9/h2-6H,7-8H2,1H3,(H,11,12). The SMILES string of the molecule is COCONC(=O)Cc1ccccc1. The number of carbonyl (C=O) groups is 1. The van der Waals surface area contributed by atoms with Crippen LogP contribution in [-0.2, 0) is 20.8 Å². The molecule has 0 aliphatic carbocycles. The first-order valence-electron chi connectivity index (χ1n) is 4.26. The van der Waals surface area contributed by atoms with Crippen LogP contribution in [0.1, 0.15) is 5.56 Å². The van der Waals surface area contributed by atoms with Crippen LogP contribution < -0.4 is 5.48 Å². The molecule has 0 atom stereocenters. The molecule has 1 rings (SSSR count). The lowest BCUT2D eigenvalue weighted by Crippen LogP contribution is -2.26. The third-order valence-corrected chi connectivity index (χ3v) is 1.57. The van der Waals surface area contributed by atoms with Gasteiger partial charge in [0.1, 0.15) is 0 Å². The molecule has 14 heavy (non-hydrogen) atoms. The maximum Gasteiger partial charge on any atom is 0.248 e. The molecule has 1 aromatic rings. The van der Waals surface area contributed by atoms with Crippen LogP contribution in [0.15, 0.2) is 30.3 Å². The van der Waals surface area contributed by atoms with E-state index in [0.717, 1.165) is 5.56 Å². The third kappa shape index (κ3) is 4.02. The largest absolute Gasteiger partial charge is 0.356 e. The van der Waals surface area contributed by atoms with Gasteiger partial charge in [-0.25, -0.2) is 10.3 Å². The van der Waals surface area contributed by atoms with Crippen LogP contribution in [0.2, 0.25) is 0 Å². The fourth-order valence-electron chi connectivity index (χ4n) is 0.986. The summed E-state index contributed by atoms with van der Waals surface area (Å²) in [6.45, 7) is 0.0561. The Hall–Kier alpha value is -1.39. The molecule has 0 bridgehead atoms. The molecule has 0 aromatic heterocycles. The highest BCUT2D eigenvalue weighted by atomic mass is 16.8. The number of methoxy groups -OCH3 is 1. The summed E-state index contributed by atoms with van der Waals surface area (Å²) in [5.74, 6) is -0.187. The van der Waals surface area contributed by atoms with E-state index in [1.165, 1.54) is 7.11 Å². The Labute approximate surface area is 82.8 Å². The van der Waals surface area contributed by atoms with Crippen molar-refractivity contribution in [2.75, 3.05) is 13.9 Å². The van der Waals surface area contributed by atoms with E-state index in [4.69, 9.17) is 4.84 Å². The number of hydrogen-bond acceptors (Lipinski definition) is 3. The smallest absolute Gasteiger partial charge is 0.248 e. The van der Waals surface area contributed by atoms with Crippen LogP contribution in [0.5, 0.6) is 0 Å². The molecule has 0 spiro atoms. The van der Waals surface area contributed by atoms with E-state index in [2.05, 4.69) is 10.2 Å². The second kappa shape index (κ2) is 6.12. The van der Waals surface area contributed by atoms with E-state index < -0.39 is 0 Å². The van der Waals surface area contributed by atoms with Crippen molar-refractivity contribution < 1.29 is 14.4 Å². The molecule has 4 nitrogen and oxygen atoms in total. The van der Waals surface area contributed by atoms with Crippen LogP contribution in [-0.4, -0.2) is 19.8 Å². The van der Waals surface area contributed by atoms with Gasteiger partial charge >= 0.3 is 0 Å². The molecule has 0 saturated carbocycles. The van der Waals surface area contributed by atoms with Crippen molar-refractivity contribution in [3.8, 4) is 0 Å². The highest BCUT2D eigenvalue weighted by Gasteiger charge is 2.01. The van der Waals surface area contributed by atoms with Gasteiger partial charge in [0.05, 0.1) is 6.42 Å². The lowest BCUT2D eigenvalue weighted by Gasteiger charge is -2.04. The van der Waals surface area contributed by atoms with Crippen LogP contribution >= 0.6 is 0 Å². The molecule has 0 radical (unpaired) electrons. The van der Waals surface area contributed by atoms with E-state index >= 15 is 0 Å². The maximum absolute atomic E-state index is 11.2. The molecule has 1 amide bonds. The fraction of sp³-hybridized carbons (Fsp3) is 0.300. The Morgan fingerprint density at radius 2 is 2.07 bits per heavy atom. The summed E-state index contributed by atoms with van der Waals surface area (Å²) >= 11 is 0. The van der Waals surface area contributed by atoms with Crippen molar-refractivity contribution in [3.05, 3.63) is 35.9 Å². The molecule has 76 valence electrons. The van der Waals surface area contributed by atoms with Gasteiger partial charge in [0.25, 0.3) is 0 Å². The fourth-order valence-corrected chi connectivity index (χ4v) is 0.986. The number of hydroxylamine groups is 1. The molecular weight excluding hydrogens is 182 g/mol. The molecule has 0 fully saturated rings. The number of ether oxygens (including phenoxy) is 1. The van der Waals surface area contributed by atoms with Gasteiger partial charge in [-0.15, -0.1) is 0 Å². The van der Waals surface area contributed by atoms with Gasteiger partial charge in [0.2, 0.25) is 5.91 Å². The van der Waals surface area contributed by atoms with Crippen LogP contribution in [0.3, 0.4) is 0 Å². The van der Waals surface area contributed by atoms with E-state index in [1.54, 1.807) is 0 Å². The molecule has 4 heteroatoms. The van der Waals surface area contributed by atoms with E-state index in [9.17, 15) is 4.79 Å². The predicted molar refractivity (Wildman–Crippen MR) is 51.2 cm³/mol. The first-order chi connectivity index (χ1) is 6.83. The summed E-state index contributed by atoms with van der Waals surface area (Å²) < 4.78 is 4.61. The van der Waals surface area contributed by atoms with Crippen molar-refractivity contribution in [2.45, 2.75) is 6.42 Å². The van der Waals surface area contributed by atoms with Crippen molar-refractivity contribution in [3.63, 3.8) is 0 Å². The highest BCUT2D eigenvalue weighted by Crippen LogP contribution is 1.98. The minimum atomic E-state index is -0.187. The minimum Gasteiger partial charge on any atom is -0.356 e. The van der Waals surface area contributed by atoms with E-state index in [1.807, 2.05) is 30.3 Å². The number of nitrogens with one attached hydrogen (secondary N) is 1. The average molecular weight is 195 g/mol. The Morgan fingerprint density at radius 3 is 2.71 bits per heavy atom. The molecule has 0 aliphatic heterocycles. The number of carbonyl (C=O) groups excluding carboxylic acids is 1. The summed E-state index contributed by atoms with van der Waals surface area (Å²) in [5.41, 5.74) is 3.22. The van der Waals surface area contributed by atoms with E-state index in [-0.39, 0.29) is 12.7 Å². The van der Waals surface area contributed by atoms with Gasteiger partial charge in [-0.2, -0.15) is 0 Å². The van der Waals surface area contributed by atoms with Crippen LogP contribution in [0.4, 0.5) is 0 Å². The zero-order valence-corrected chi connectivity index (χ0v) is 8.03. The number of amides is 1. The number of benzene rings is 1. The Morgan fingerprint density at radius 1 is 1.36 bits per heavy atom. The van der Waals surface area contributed by atoms with E-state index in [0.29, 0.717) is 6.42 Å². The highest BCUT2D eigenvalue weighted by molar-refractivity contribution is 5.77. The van der Waals surface area contributed by atoms with Gasteiger partial charge < -0.3 is 4.74 Å². The Bertz CT molecular complexity index is 274. The first-order valence-corrected chi connectivity index (χ1v) is 4.26. The average Bonchev–Trinajstić information content (AvgIpc) is 2.20. The second-order valence-electron chi connectivity index (χ2n) is 2.74. The monoisotopic (exact) mass is 195 g/mol. The lowest BCUT2D eigenvalue weighted by atomic mass is 10.1. The summed E-state index contributed by atoms with van der Waals surface area (Å²) in [7, 11) is 1.49. The predicted octanol–water partition coefficient (Wildman–Crippen LogP) is 0.881. The number of rotatable bonds is 5. The normalized spacial score (nSPS) is 9.79. The van der Waals surface area contributed by atoms with Gasteiger partial charge in [-0.3, -0.25) is 4.79 Å². The molecule has 0 heterocycles. The topological polar surface area (TPSA) is 47.6 Å². The van der Waals surface area contributed by atoms with Crippen molar-refractivity contribution in [1.29, 1.82) is 0 Å². The summed E-state index contributed by atoms with van der Waals surface area (Å²) in [6.07, 6.45) is 0.310.